The maximum absolute atomic E-state index is 5.83. The third-order valence-corrected chi connectivity index (χ3v) is 3.45. The Morgan fingerprint density at radius 1 is 1.29 bits per heavy atom. The third-order valence-electron chi connectivity index (χ3n) is 3.45. The predicted molar refractivity (Wildman–Crippen MR) is 72.9 cm³/mol. The van der Waals surface area contributed by atoms with Gasteiger partial charge in [0.25, 0.3) is 0 Å². The predicted octanol–water partition coefficient (Wildman–Crippen LogP) is 4.03. The van der Waals surface area contributed by atoms with Crippen LogP contribution in [0.5, 0.6) is 5.75 Å². The topological polar surface area (TPSA) is 21.3 Å². The molecule has 1 atom stereocenters. The Labute approximate surface area is 104 Å². The van der Waals surface area contributed by atoms with Crippen LogP contribution in [-0.4, -0.2) is 12.6 Å². The van der Waals surface area contributed by atoms with Gasteiger partial charge in [0.1, 0.15) is 12.4 Å². The van der Waals surface area contributed by atoms with Crippen LogP contribution >= 0.6 is 0 Å². The van der Waals surface area contributed by atoms with Gasteiger partial charge in [-0.3, -0.25) is 0 Å². The summed E-state index contributed by atoms with van der Waals surface area (Å²) in [5, 5.41) is 3.61. The van der Waals surface area contributed by atoms with E-state index >= 15 is 0 Å². The van der Waals surface area contributed by atoms with Crippen molar-refractivity contribution < 1.29 is 4.74 Å². The number of hydrogen-bond donors (Lipinski definition) is 1. The second-order valence-corrected chi connectivity index (χ2v) is 6.28. The van der Waals surface area contributed by atoms with Crippen LogP contribution in [0.15, 0.2) is 18.2 Å². The Bertz CT molecular complexity index is 404. The molecule has 2 rings (SSSR count). The van der Waals surface area contributed by atoms with Crippen molar-refractivity contribution in [3.8, 4) is 5.75 Å². The lowest BCUT2D eigenvalue weighted by molar-refractivity contribution is 0.207. The van der Waals surface area contributed by atoms with Gasteiger partial charge in [-0.2, -0.15) is 0 Å². The highest BCUT2D eigenvalue weighted by molar-refractivity contribution is 5.60. The molecule has 0 amide bonds. The van der Waals surface area contributed by atoms with E-state index in [0.717, 1.165) is 18.0 Å². The molecule has 1 aliphatic rings. The molecule has 0 saturated heterocycles. The molecule has 2 nitrogen and oxygen atoms in total. The molecule has 0 fully saturated rings. The minimum atomic E-state index is 0.214. The van der Waals surface area contributed by atoms with Crippen LogP contribution < -0.4 is 10.1 Å². The first-order chi connectivity index (χ1) is 7.88. The van der Waals surface area contributed by atoms with Crippen LogP contribution in [0.4, 0.5) is 5.69 Å². The van der Waals surface area contributed by atoms with Crippen molar-refractivity contribution in [1.29, 1.82) is 0 Å². The maximum atomic E-state index is 5.83. The van der Waals surface area contributed by atoms with Crippen LogP contribution in [0.25, 0.3) is 0 Å². The first-order valence-electron chi connectivity index (χ1n) is 6.41. The fourth-order valence-corrected chi connectivity index (χ4v) is 2.01. The van der Waals surface area contributed by atoms with E-state index in [-0.39, 0.29) is 5.41 Å². The highest BCUT2D eigenvalue weighted by atomic mass is 16.5. The number of nitrogens with one attached hydrogen (secondary N) is 1. The van der Waals surface area contributed by atoms with E-state index in [2.05, 4.69) is 58.1 Å². The molecule has 1 aromatic carbocycles. The standard InChI is InChI=1S/C15H23NO/c1-10(2)11-6-7-13-12(8-11)16-14(9-17-13)15(3,4)5/h6-8,10,14,16H,9H2,1-5H3. The van der Waals surface area contributed by atoms with Crippen molar-refractivity contribution in [2.75, 3.05) is 11.9 Å². The fraction of sp³-hybridized carbons (Fsp3) is 0.600. The summed E-state index contributed by atoms with van der Waals surface area (Å²) in [6, 6.07) is 6.83. The molecular weight excluding hydrogens is 210 g/mol. The van der Waals surface area contributed by atoms with Crippen molar-refractivity contribution in [3.05, 3.63) is 23.8 Å². The van der Waals surface area contributed by atoms with Crippen LogP contribution in [0, 0.1) is 5.41 Å². The second kappa shape index (κ2) is 4.25. The van der Waals surface area contributed by atoms with E-state index in [1.165, 1.54) is 5.56 Å². The first-order valence-corrected chi connectivity index (χ1v) is 6.41. The van der Waals surface area contributed by atoms with Gasteiger partial charge in [0.15, 0.2) is 0 Å². The lowest BCUT2D eigenvalue weighted by atomic mass is 9.86. The van der Waals surface area contributed by atoms with Crippen LogP contribution in [-0.2, 0) is 0 Å². The van der Waals surface area contributed by atoms with Gasteiger partial charge in [-0.1, -0.05) is 40.7 Å². The number of rotatable bonds is 1. The van der Waals surface area contributed by atoms with Crippen LogP contribution in [0.2, 0.25) is 0 Å². The van der Waals surface area contributed by atoms with Crippen LogP contribution in [0.3, 0.4) is 0 Å². The normalized spacial score (nSPS) is 19.5. The molecular formula is C15H23NO. The molecule has 1 heterocycles. The van der Waals surface area contributed by atoms with E-state index in [1.807, 2.05) is 0 Å². The van der Waals surface area contributed by atoms with Crippen LogP contribution in [0.1, 0.15) is 46.1 Å². The average Bonchev–Trinajstić information content (AvgIpc) is 2.26. The summed E-state index contributed by atoms with van der Waals surface area (Å²) in [5.41, 5.74) is 2.71. The fourth-order valence-electron chi connectivity index (χ4n) is 2.01. The smallest absolute Gasteiger partial charge is 0.142 e. The van der Waals surface area contributed by atoms with Crippen molar-refractivity contribution in [3.63, 3.8) is 0 Å². The number of ether oxygens (including phenoxy) is 1. The zero-order valence-corrected chi connectivity index (χ0v) is 11.5. The Hall–Kier alpha value is -1.18. The van der Waals surface area contributed by atoms with Gasteiger partial charge in [0.05, 0.1) is 11.7 Å². The Morgan fingerprint density at radius 3 is 2.59 bits per heavy atom. The minimum Gasteiger partial charge on any atom is -0.489 e. The van der Waals surface area contributed by atoms with Crippen molar-refractivity contribution in [2.45, 2.75) is 46.6 Å². The van der Waals surface area contributed by atoms with Gasteiger partial charge < -0.3 is 10.1 Å². The summed E-state index contributed by atoms with van der Waals surface area (Å²) in [6.45, 7) is 11.9. The van der Waals surface area contributed by atoms with E-state index in [1.54, 1.807) is 0 Å². The Kier molecular flexibility index (Phi) is 3.07. The molecule has 0 aliphatic carbocycles. The maximum Gasteiger partial charge on any atom is 0.142 e. The number of hydrogen-bond acceptors (Lipinski definition) is 2. The Morgan fingerprint density at radius 2 is 2.00 bits per heavy atom. The van der Waals surface area contributed by atoms with Gasteiger partial charge in [-0.25, -0.2) is 0 Å². The summed E-state index contributed by atoms with van der Waals surface area (Å²) >= 11 is 0. The zero-order chi connectivity index (χ0) is 12.6. The highest BCUT2D eigenvalue weighted by Crippen LogP contribution is 2.35. The van der Waals surface area contributed by atoms with Gasteiger partial charge in [-0.15, -0.1) is 0 Å². The SMILES string of the molecule is CC(C)c1ccc2c(c1)NC(C(C)(C)C)CO2. The second-order valence-electron chi connectivity index (χ2n) is 6.28. The summed E-state index contributed by atoms with van der Waals surface area (Å²) in [4.78, 5) is 0. The molecule has 17 heavy (non-hydrogen) atoms. The van der Waals surface area contributed by atoms with E-state index in [4.69, 9.17) is 4.74 Å². The summed E-state index contributed by atoms with van der Waals surface area (Å²) < 4.78 is 5.83. The number of anilines is 1. The molecule has 1 N–H and O–H groups in total. The van der Waals surface area contributed by atoms with Crippen molar-refractivity contribution in [2.24, 2.45) is 5.41 Å². The van der Waals surface area contributed by atoms with E-state index < -0.39 is 0 Å². The number of benzene rings is 1. The quantitative estimate of drug-likeness (QED) is 0.790. The van der Waals surface area contributed by atoms with Crippen molar-refractivity contribution in [1.82, 2.24) is 0 Å². The van der Waals surface area contributed by atoms with E-state index in [9.17, 15) is 0 Å². The zero-order valence-electron chi connectivity index (χ0n) is 11.5. The van der Waals surface area contributed by atoms with Gasteiger partial charge >= 0.3 is 0 Å². The molecule has 94 valence electrons. The first kappa shape index (κ1) is 12.3. The van der Waals surface area contributed by atoms with E-state index in [0.29, 0.717) is 12.0 Å². The third kappa shape index (κ3) is 2.56. The summed E-state index contributed by atoms with van der Waals surface area (Å²) in [5.74, 6) is 1.53. The monoisotopic (exact) mass is 233 g/mol. The van der Waals surface area contributed by atoms with Crippen molar-refractivity contribution >= 4 is 5.69 Å². The van der Waals surface area contributed by atoms with Gasteiger partial charge in [-0.05, 0) is 29.0 Å². The molecule has 1 unspecified atom stereocenters. The highest BCUT2D eigenvalue weighted by Gasteiger charge is 2.29. The molecule has 0 bridgehead atoms. The molecule has 0 saturated carbocycles. The molecule has 0 spiro atoms. The molecule has 0 radical (unpaired) electrons. The summed E-state index contributed by atoms with van der Waals surface area (Å²) in [7, 11) is 0. The minimum absolute atomic E-state index is 0.214. The largest absolute Gasteiger partial charge is 0.489 e. The Balaban J connectivity index is 2.27. The molecule has 1 aromatic rings. The average molecular weight is 233 g/mol. The van der Waals surface area contributed by atoms with Gasteiger partial charge in [0, 0.05) is 0 Å². The lowest BCUT2D eigenvalue weighted by Crippen LogP contribution is -2.41. The summed E-state index contributed by atoms with van der Waals surface area (Å²) in [6.07, 6.45) is 0. The molecule has 0 aromatic heterocycles. The molecule has 1 aliphatic heterocycles. The number of fused-ring (bicyclic) bond motifs is 1. The molecule has 2 heteroatoms. The lowest BCUT2D eigenvalue weighted by Gasteiger charge is -2.36. The van der Waals surface area contributed by atoms with Gasteiger partial charge in [0.2, 0.25) is 0 Å².